The second-order valence-corrected chi connectivity index (χ2v) is 7.95. The van der Waals surface area contributed by atoms with Crippen molar-refractivity contribution < 1.29 is 0 Å². The van der Waals surface area contributed by atoms with Crippen LogP contribution >= 0.6 is 11.3 Å². The van der Waals surface area contributed by atoms with Crippen molar-refractivity contribution >= 4 is 32.3 Å². The van der Waals surface area contributed by atoms with Crippen molar-refractivity contribution in [2.45, 2.75) is 26.2 Å². The molecule has 2 heteroatoms. The predicted octanol–water partition coefficient (Wildman–Crippen LogP) is 6.41. The average molecular weight is 317 g/mol. The first kappa shape index (κ1) is 14.4. The third kappa shape index (κ3) is 2.43. The van der Waals surface area contributed by atoms with Crippen LogP contribution in [0.4, 0.5) is 0 Å². The summed E-state index contributed by atoms with van der Waals surface area (Å²) in [7, 11) is 0. The van der Waals surface area contributed by atoms with E-state index in [1.165, 1.54) is 26.6 Å². The maximum atomic E-state index is 4.93. The Morgan fingerprint density at radius 3 is 2.39 bits per heavy atom. The SMILES string of the molecule is CC(C)(C)c1cccc2nc(-c3cccc4ccccc34)sc12. The predicted molar refractivity (Wildman–Crippen MR) is 101 cm³/mol. The Balaban J connectivity index is 2.00. The standard InChI is InChI=1S/C21H19NS/c1-21(2,3)17-12-7-13-18-19(17)23-20(22-18)16-11-6-9-14-8-4-5-10-15(14)16/h4-13H,1-3H3. The largest absolute Gasteiger partial charge is 0.236 e. The molecule has 0 saturated carbocycles. The number of thiazole rings is 1. The Morgan fingerprint density at radius 1 is 0.826 bits per heavy atom. The monoisotopic (exact) mass is 317 g/mol. The van der Waals surface area contributed by atoms with E-state index >= 15 is 0 Å². The third-order valence-corrected chi connectivity index (χ3v) is 5.38. The van der Waals surface area contributed by atoms with E-state index in [-0.39, 0.29) is 5.41 Å². The van der Waals surface area contributed by atoms with E-state index in [9.17, 15) is 0 Å². The lowest BCUT2D eigenvalue weighted by atomic mass is 9.87. The van der Waals surface area contributed by atoms with Gasteiger partial charge in [0.15, 0.2) is 0 Å². The molecule has 0 radical (unpaired) electrons. The van der Waals surface area contributed by atoms with E-state index in [4.69, 9.17) is 4.98 Å². The first-order valence-corrected chi connectivity index (χ1v) is 8.74. The van der Waals surface area contributed by atoms with Crippen LogP contribution in [0.1, 0.15) is 26.3 Å². The van der Waals surface area contributed by atoms with Gasteiger partial charge in [-0.05, 0) is 27.8 Å². The molecule has 0 spiro atoms. The molecule has 3 aromatic carbocycles. The van der Waals surface area contributed by atoms with Crippen molar-refractivity contribution in [2.24, 2.45) is 0 Å². The summed E-state index contributed by atoms with van der Waals surface area (Å²) in [6.07, 6.45) is 0. The van der Waals surface area contributed by atoms with Crippen molar-refractivity contribution in [1.82, 2.24) is 4.98 Å². The van der Waals surface area contributed by atoms with E-state index in [0.717, 1.165) is 10.5 Å². The highest BCUT2D eigenvalue weighted by Gasteiger charge is 2.19. The molecule has 1 heterocycles. The van der Waals surface area contributed by atoms with Gasteiger partial charge in [-0.25, -0.2) is 4.98 Å². The molecular formula is C21H19NS. The van der Waals surface area contributed by atoms with Gasteiger partial charge in [-0.15, -0.1) is 11.3 Å². The zero-order valence-corrected chi connectivity index (χ0v) is 14.4. The van der Waals surface area contributed by atoms with Crippen molar-refractivity contribution in [3.63, 3.8) is 0 Å². The summed E-state index contributed by atoms with van der Waals surface area (Å²) in [6.45, 7) is 6.79. The van der Waals surface area contributed by atoms with E-state index in [2.05, 4.69) is 81.4 Å². The molecule has 1 aromatic heterocycles. The number of fused-ring (bicyclic) bond motifs is 2. The van der Waals surface area contributed by atoms with Gasteiger partial charge in [0.05, 0.1) is 10.2 Å². The van der Waals surface area contributed by atoms with Crippen molar-refractivity contribution in [2.75, 3.05) is 0 Å². The van der Waals surface area contributed by atoms with Crippen LogP contribution in [0.2, 0.25) is 0 Å². The highest BCUT2D eigenvalue weighted by Crippen LogP contribution is 2.39. The van der Waals surface area contributed by atoms with Gasteiger partial charge < -0.3 is 0 Å². The Labute approximate surface area is 140 Å². The molecular weight excluding hydrogens is 298 g/mol. The Morgan fingerprint density at radius 2 is 1.57 bits per heavy atom. The molecule has 114 valence electrons. The second-order valence-electron chi connectivity index (χ2n) is 6.95. The minimum Gasteiger partial charge on any atom is -0.236 e. The van der Waals surface area contributed by atoms with Crippen LogP contribution < -0.4 is 0 Å². The number of benzene rings is 3. The normalized spacial score (nSPS) is 12.1. The van der Waals surface area contributed by atoms with Gasteiger partial charge in [-0.2, -0.15) is 0 Å². The smallest absolute Gasteiger partial charge is 0.125 e. The summed E-state index contributed by atoms with van der Waals surface area (Å²) in [4.78, 5) is 4.93. The first-order valence-electron chi connectivity index (χ1n) is 7.92. The summed E-state index contributed by atoms with van der Waals surface area (Å²) in [5.41, 5.74) is 3.83. The van der Waals surface area contributed by atoms with Crippen LogP contribution in [0, 0.1) is 0 Å². The number of rotatable bonds is 1. The van der Waals surface area contributed by atoms with Gasteiger partial charge in [-0.1, -0.05) is 75.4 Å². The lowest BCUT2D eigenvalue weighted by Gasteiger charge is -2.19. The van der Waals surface area contributed by atoms with Crippen LogP contribution in [-0.4, -0.2) is 4.98 Å². The fourth-order valence-corrected chi connectivity index (χ4v) is 4.39. The number of aromatic nitrogens is 1. The number of nitrogens with zero attached hydrogens (tertiary/aromatic N) is 1. The van der Waals surface area contributed by atoms with E-state index in [1.54, 1.807) is 0 Å². The molecule has 0 saturated heterocycles. The maximum Gasteiger partial charge on any atom is 0.125 e. The minimum atomic E-state index is 0.127. The molecule has 0 aliphatic heterocycles. The molecule has 0 aliphatic carbocycles. The zero-order valence-electron chi connectivity index (χ0n) is 13.6. The summed E-state index contributed by atoms with van der Waals surface area (Å²) >= 11 is 1.81. The lowest BCUT2D eigenvalue weighted by molar-refractivity contribution is 0.596. The number of hydrogen-bond donors (Lipinski definition) is 0. The molecule has 4 rings (SSSR count). The Hall–Kier alpha value is -2.19. The molecule has 0 aliphatic rings. The summed E-state index contributed by atoms with van der Waals surface area (Å²) in [5.74, 6) is 0. The van der Waals surface area contributed by atoms with Crippen LogP contribution in [-0.2, 0) is 5.41 Å². The lowest BCUT2D eigenvalue weighted by Crippen LogP contribution is -2.10. The minimum absolute atomic E-state index is 0.127. The van der Waals surface area contributed by atoms with Gasteiger partial charge in [-0.3, -0.25) is 0 Å². The van der Waals surface area contributed by atoms with Crippen LogP contribution in [0.3, 0.4) is 0 Å². The van der Waals surface area contributed by atoms with E-state index in [0.29, 0.717) is 0 Å². The quantitative estimate of drug-likeness (QED) is 0.395. The molecule has 0 atom stereocenters. The Kier molecular flexibility index (Phi) is 3.24. The molecule has 0 unspecified atom stereocenters. The fourth-order valence-electron chi connectivity index (χ4n) is 3.07. The molecule has 0 bridgehead atoms. The summed E-state index contributed by atoms with van der Waals surface area (Å²) in [6, 6.07) is 21.5. The van der Waals surface area contributed by atoms with Crippen LogP contribution in [0.25, 0.3) is 31.6 Å². The third-order valence-electron chi connectivity index (χ3n) is 4.24. The van der Waals surface area contributed by atoms with E-state index in [1.807, 2.05) is 11.3 Å². The summed E-state index contributed by atoms with van der Waals surface area (Å²) in [5, 5.41) is 3.64. The average Bonchev–Trinajstić information content (AvgIpc) is 2.97. The van der Waals surface area contributed by atoms with Crippen molar-refractivity contribution in [3.05, 3.63) is 66.2 Å². The van der Waals surface area contributed by atoms with Crippen LogP contribution in [0.15, 0.2) is 60.7 Å². The molecule has 0 amide bonds. The van der Waals surface area contributed by atoms with Gasteiger partial charge in [0.1, 0.15) is 5.01 Å². The molecule has 23 heavy (non-hydrogen) atoms. The molecule has 0 N–H and O–H groups in total. The van der Waals surface area contributed by atoms with Crippen molar-refractivity contribution in [1.29, 1.82) is 0 Å². The zero-order chi connectivity index (χ0) is 16.0. The van der Waals surface area contributed by atoms with Crippen molar-refractivity contribution in [3.8, 4) is 10.6 Å². The Bertz CT molecular complexity index is 1000. The highest BCUT2D eigenvalue weighted by atomic mass is 32.1. The first-order chi connectivity index (χ1) is 11.0. The number of hydrogen-bond acceptors (Lipinski definition) is 2. The van der Waals surface area contributed by atoms with E-state index < -0.39 is 0 Å². The van der Waals surface area contributed by atoms with Gasteiger partial charge in [0, 0.05) is 5.56 Å². The van der Waals surface area contributed by atoms with Gasteiger partial charge in [0.2, 0.25) is 0 Å². The fraction of sp³-hybridized carbons (Fsp3) is 0.190. The maximum absolute atomic E-state index is 4.93. The second kappa shape index (κ2) is 5.17. The van der Waals surface area contributed by atoms with Gasteiger partial charge >= 0.3 is 0 Å². The summed E-state index contributed by atoms with van der Waals surface area (Å²) < 4.78 is 1.31. The molecule has 4 aromatic rings. The molecule has 1 nitrogen and oxygen atoms in total. The molecule has 0 fully saturated rings. The highest BCUT2D eigenvalue weighted by molar-refractivity contribution is 7.22. The van der Waals surface area contributed by atoms with Crippen LogP contribution in [0.5, 0.6) is 0 Å². The van der Waals surface area contributed by atoms with Gasteiger partial charge in [0.25, 0.3) is 0 Å². The topological polar surface area (TPSA) is 12.9 Å².